The number of rotatable bonds is 4. The van der Waals surface area contributed by atoms with E-state index < -0.39 is 0 Å². The summed E-state index contributed by atoms with van der Waals surface area (Å²) in [6.45, 7) is 3.72. The normalized spacial score (nSPS) is 12.2. The van der Waals surface area contributed by atoms with Crippen LogP contribution in [0.3, 0.4) is 0 Å². The number of ether oxygens (including phenoxy) is 1. The molecule has 1 aromatic carbocycles. The van der Waals surface area contributed by atoms with Crippen LogP contribution in [-0.2, 0) is 11.2 Å². The van der Waals surface area contributed by atoms with Gasteiger partial charge >= 0.3 is 5.97 Å². The van der Waals surface area contributed by atoms with Gasteiger partial charge in [0.15, 0.2) is 0 Å². The minimum atomic E-state index is -0.215. The second kappa shape index (κ2) is 5.51. The first-order chi connectivity index (χ1) is 7.11. The lowest BCUT2D eigenvalue weighted by atomic mass is 10.1. The average molecular weight is 207 g/mol. The van der Waals surface area contributed by atoms with E-state index >= 15 is 0 Å². The molecule has 0 aliphatic heterocycles. The Bertz CT molecular complexity index is 334. The van der Waals surface area contributed by atoms with E-state index in [2.05, 4.69) is 0 Å². The molecule has 0 heterocycles. The molecule has 1 atom stereocenters. The highest BCUT2D eigenvalue weighted by molar-refractivity contribution is 5.71. The summed E-state index contributed by atoms with van der Waals surface area (Å²) in [4.78, 5) is 11.1. The highest BCUT2D eigenvalue weighted by atomic mass is 16.5. The number of carbonyl (C=O) groups excluding carboxylic acids is 1. The Morgan fingerprint density at radius 3 is 2.87 bits per heavy atom. The van der Waals surface area contributed by atoms with Crippen LogP contribution in [0.4, 0.5) is 0 Å². The summed E-state index contributed by atoms with van der Waals surface area (Å²) in [5.74, 6) is 0.382. The summed E-state index contributed by atoms with van der Waals surface area (Å²) in [5.41, 5.74) is 6.78. The lowest BCUT2D eigenvalue weighted by Crippen LogP contribution is -2.17. The van der Waals surface area contributed by atoms with Gasteiger partial charge in [0.2, 0.25) is 0 Å². The summed E-state index contributed by atoms with van der Waals surface area (Å²) in [6, 6.07) is 7.60. The van der Waals surface area contributed by atoms with Gasteiger partial charge in [0.1, 0.15) is 5.75 Å². The topological polar surface area (TPSA) is 52.3 Å². The van der Waals surface area contributed by atoms with Crippen LogP contribution >= 0.6 is 0 Å². The van der Waals surface area contributed by atoms with Gasteiger partial charge in [-0.15, -0.1) is 0 Å². The van der Waals surface area contributed by atoms with Gasteiger partial charge in [-0.3, -0.25) is 4.79 Å². The SMILES string of the molecule is CCC(=O)Oc1cccc(CC(C)N)c1. The fourth-order valence-corrected chi connectivity index (χ4v) is 1.31. The molecule has 0 aromatic heterocycles. The fourth-order valence-electron chi connectivity index (χ4n) is 1.31. The molecule has 1 rings (SSSR count). The van der Waals surface area contributed by atoms with Crippen molar-refractivity contribution in [3.05, 3.63) is 29.8 Å². The highest BCUT2D eigenvalue weighted by Gasteiger charge is 2.03. The zero-order valence-electron chi connectivity index (χ0n) is 9.19. The molecule has 0 amide bonds. The van der Waals surface area contributed by atoms with Crippen LogP contribution in [0.15, 0.2) is 24.3 Å². The van der Waals surface area contributed by atoms with Gasteiger partial charge in [-0.05, 0) is 31.0 Å². The molecule has 0 radical (unpaired) electrons. The van der Waals surface area contributed by atoms with Crippen molar-refractivity contribution in [3.8, 4) is 5.75 Å². The van der Waals surface area contributed by atoms with E-state index in [-0.39, 0.29) is 12.0 Å². The maximum atomic E-state index is 11.1. The average Bonchev–Trinajstić information content (AvgIpc) is 2.17. The third-order valence-electron chi connectivity index (χ3n) is 1.98. The van der Waals surface area contributed by atoms with Crippen molar-refractivity contribution >= 4 is 5.97 Å². The van der Waals surface area contributed by atoms with Gasteiger partial charge in [-0.25, -0.2) is 0 Å². The van der Waals surface area contributed by atoms with Crippen molar-refractivity contribution in [2.24, 2.45) is 5.73 Å². The Morgan fingerprint density at radius 1 is 1.53 bits per heavy atom. The van der Waals surface area contributed by atoms with E-state index in [0.717, 1.165) is 12.0 Å². The Labute approximate surface area is 90.2 Å². The van der Waals surface area contributed by atoms with Crippen LogP contribution in [0.25, 0.3) is 0 Å². The second-order valence-electron chi connectivity index (χ2n) is 3.66. The number of esters is 1. The van der Waals surface area contributed by atoms with Crippen LogP contribution in [0, 0.1) is 0 Å². The van der Waals surface area contributed by atoms with E-state index in [1.807, 2.05) is 25.1 Å². The van der Waals surface area contributed by atoms with Gasteiger partial charge in [0.25, 0.3) is 0 Å². The van der Waals surface area contributed by atoms with E-state index in [0.29, 0.717) is 12.2 Å². The van der Waals surface area contributed by atoms with Crippen molar-refractivity contribution in [2.75, 3.05) is 0 Å². The third-order valence-corrected chi connectivity index (χ3v) is 1.98. The number of hydrogen-bond donors (Lipinski definition) is 1. The van der Waals surface area contributed by atoms with Gasteiger partial charge in [-0.2, -0.15) is 0 Å². The standard InChI is InChI=1S/C12H17NO2/c1-3-12(14)15-11-6-4-5-10(8-11)7-9(2)13/h4-6,8-9H,3,7,13H2,1-2H3. The maximum Gasteiger partial charge on any atom is 0.310 e. The quantitative estimate of drug-likeness (QED) is 0.606. The second-order valence-corrected chi connectivity index (χ2v) is 3.66. The Kier molecular flexibility index (Phi) is 4.31. The van der Waals surface area contributed by atoms with Crippen molar-refractivity contribution in [1.29, 1.82) is 0 Å². The molecule has 3 heteroatoms. The summed E-state index contributed by atoms with van der Waals surface area (Å²) < 4.78 is 5.11. The Hall–Kier alpha value is -1.35. The van der Waals surface area contributed by atoms with Gasteiger partial charge < -0.3 is 10.5 Å². The van der Waals surface area contributed by atoms with Gasteiger partial charge in [0.05, 0.1) is 0 Å². The lowest BCUT2D eigenvalue weighted by molar-refractivity contribution is -0.134. The first kappa shape index (κ1) is 11.7. The fraction of sp³-hybridized carbons (Fsp3) is 0.417. The number of benzene rings is 1. The van der Waals surface area contributed by atoms with E-state index in [1.165, 1.54) is 0 Å². The molecule has 0 aliphatic carbocycles. The predicted molar refractivity (Wildman–Crippen MR) is 59.7 cm³/mol. The summed E-state index contributed by atoms with van der Waals surface area (Å²) in [5, 5.41) is 0. The smallest absolute Gasteiger partial charge is 0.310 e. The van der Waals surface area contributed by atoms with Crippen molar-refractivity contribution in [2.45, 2.75) is 32.7 Å². The van der Waals surface area contributed by atoms with E-state index in [1.54, 1.807) is 13.0 Å². The molecule has 0 spiro atoms. The van der Waals surface area contributed by atoms with Crippen molar-refractivity contribution in [1.82, 2.24) is 0 Å². The highest BCUT2D eigenvalue weighted by Crippen LogP contribution is 2.14. The number of hydrogen-bond acceptors (Lipinski definition) is 3. The maximum absolute atomic E-state index is 11.1. The largest absolute Gasteiger partial charge is 0.427 e. The first-order valence-corrected chi connectivity index (χ1v) is 5.17. The van der Waals surface area contributed by atoms with Gasteiger partial charge in [-0.1, -0.05) is 19.1 Å². The molecule has 2 N–H and O–H groups in total. The molecule has 0 bridgehead atoms. The van der Waals surface area contributed by atoms with E-state index in [4.69, 9.17) is 10.5 Å². The minimum Gasteiger partial charge on any atom is -0.427 e. The molecule has 15 heavy (non-hydrogen) atoms. The van der Waals surface area contributed by atoms with Crippen LogP contribution in [0.2, 0.25) is 0 Å². The van der Waals surface area contributed by atoms with Crippen LogP contribution in [0.5, 0.6) is 5.75 Å². The predicted octanol–water partition coefficient (Wildman–Crippen LogP) is 1.89. The van der Waals surface area contributed by atoms with Crippen LogP contribution in [-0.4, -0.2) is 12.0 Å². The molecule has 82 valence electrons. The van der Waals surface area contributed by atoms with E-state index in [9.17, 15) is 4.79 Å². The zero-order valence-corrected chi connectivity index (χ0v) is 9.19. The molecule has 0 aliphatic rings. The summed E-state index contributed by atoms with van der Waals surface area (Å²) in [7, 11) is 0. The first-order valence-electron chi connectivity index (χ1n) is 5.17. The number of carbonyl (C=O) groups is 1. The number of nitrogens with two attached hydrogens (primary N) is 1. The Balaban J connectivity index is 2.69. The lowest BCUT2D eigenvalue weighted by Gasteiger charge is -2.07. The Morgan fingerprint density at radius 2 is 2.27 bits per heavy atom. The van der Waals surface area contributed by atoms with Crippen molar-refractivity contribution in [3.63, 3.8) is 0 Å². The van der Waals surface area contributed by atoms with Crippen LogP contribution < -0.4 is 10.5 Å². The van der Waals surface area contributed by atoms with Crippen LogP contribution in [0.1, 0.15) is 25.8 Å². The summed E-state index contributed by atoms with van der Waals surface area (Å²) in [6.07, 6.45) is 1.18. The zero-order chi connectivity index (χ0) is 11.3. The molecule has 3 nitrogen and oxygen atoms in total. The minimum absolute atomic E-state index is 0.113. The molecule has 0 saturated heterocycles. The van der Waals surface area contributed by atoms with Gasteiger partial charge in [0, 0.05) is 12.5 Å². The molecular formula is C12H17NO2. The third kappa shape index (κ3) is 4.13. The molecule has 0 saturated carbocycles. The summed E-state index contributed by atoms with van der Waals surface area (Å²) >= 11 is 0. The molecular weight excluding hydrogens is 190 g/mol. The van der Waals surface area contributed by atoms with Crippen molar-refractivity contribution < 1.29 is 9.53 Å². The monoisotopic (exact) mass is 207 g/mol. The molecule has 0 fully saturated rings. The molecule has 1 aromatic rings. The molecule has 1 unspecified atom stereocenters.